The Labute approximate surface area is 95.2 Å². The first kappa shape index (κ1) is 10.9. The number of rotatable bonds is 2. The molecule has 1 aromatic rings. The molecule has 1 aliphatic rings. The van der Waals surface area contributed by atoms with Gasteiger partial charge in [-0.05, 0) is 12.8 Å². The third-order valence-corrected chi connectivity index (χ3v) is 2.81. The van der Waals surface area contributed by atoms with Gasteiger partial charge in [-0.2, -0.15) is 0 Å². The fraction of sp³-hybridized carbons (Fsp3) is 0.700. The minimum absolute atomic E-state index is 0.667. The fourth-order valence-corrected chi connectivity index (χ4v) is 1.94. The van der Waals surface area contributed by atoms with Gasteiger partial charge in [0, 0.05) is 27.1 Å². The van der Waals surface area contributed by atoms with Gasteiger partial charge in [0.25, 0.3) is 0 Å². The second kappa shape index (κ2) is 4.96. The van der Waals surface area contributed by atoms with Crippen molar-refractivity contribution in [2.45, 2.75) is 32.4 Å². The smallest absolute Gasteiger partial charge is 0.191 e. The fourth-order valence-electron chi connectivity index (χ4n) is 1.94. The Kier molecular flexibility index (Phi) is 3.38. The summed E-state index contributed by atoms with van der Waals surface area (Å²) in [6, 6.07) is 0. The van der Waals surface area contributed by atoms with E-state index < -0.39 is 0 Å². The van der Waals surface area contributed by atoms with Crippen LogP contribution in [0.3, 0.4) is 0 Å². The van der Waals surface area contributed by atoms with Crippen LogP contribution in [0.25, 0.3) is 0 Å². The van der Waals surface area contributed by atoms with E-state index in [1.54, 1.807) is 7.05 Å². The highest BCUT2D eigenvalue weighted by molar-refractivity contribution is 5.79. The number of hydrogen-bond donors (Lipinski definition) is 2. The minimum Gasteiger partial charge on any atom is -0.359 e. The largest absolute Gasteiger partial charge is 0.359 e. The first-order valence-electron chi connectivity index (χ1n) is 5.64. The molecular formula is C10H18N6. The van der Waals surface area contributed by atoms with Crippen molar-refractivity contribution in [3.63, 3.8) is 0 Å². The molecule has 0 saturated carbocycles. The first-order chi connectivity index (χ1) is 7.85. The summed E-state index contributed by atoms with van der Waals surface area (Å²) >= 11 is 0. The zero-order valence-corrected chi connectivity index (χ0v) is 9.82. The molecule has 0 saturated heterocycles. The van der Waals surface area contributed by atoms with Crippen molar-refractivity contribution in [3.05, 3.63) is 11.6 Å². The van der Waals surface area contributed by atoms with Crippen LogP contribution in [0.15, 0.2) is 4.99 Å². The summed E-state index contributed by atoms with van der Waals surface area (Å²) in [7, 11) is 3.59. The third kappa shape index (κ3) is 2.15. The Morgan fingerprint density at radius 2 is 2.31 bits per heavy atom. The first-order valence-corrected chi connectivity index (χ1v) is 5.64. The van der Waals surface area contributed by atoms with Crippen LogP contribution >= 0.6 is 0 Å². The number of aromatic nitrogens is 3. The molecule has 1 aromatic heterocycles. The molecule has 0 aliphatic carbocycles. The Hall–Kier alpha value is -1.59. The van der Waals surface area contributed by atoms with Gasteiger partial charge in [0.2, 0.25) is 0 Å². The molecule has 88 valence electrons. The maximum atomic E-state index is 4.21. The van der Waals surface area contributed by atoms with Crippen LogP contribution in [0.2, 0.25) is 0 Å². The average Bonchev–Trinajstić information content (AvgIpc) is 2.74. The van der Waals surface area contributed by atoms with Crippen LogP contribution in [0, 0.1) is 0 Å². The lowest BCUT2D eigenvalue weighted by Crippen LogP contribution is -2.35. The highest BCUT2D eigenvalue weighted by Crippen LogP contribution is 2.13. The third-order valence-electron chi connectivity index (χ3n) is 2.81. The molecule has 0 radical (unpaired) electrons. The molecule has 2 N–H and O–H groups in total. The van der Waals surface area contributed by atoms with Gasteiger partial charge in [0.05, 0.1) is 6.54 Å². The van der Waals surface area contributed by atoms with Crippen LogP contribution in [-0.4, -0.2) is 34.8 Å². The van der Waals surface area contributed by atoms with Gasteiger partial charge in [0.15, 0.2) is 11.8 Å². The molecule has 0 amide bonds. The summed E-state index contributed by atoms with van der Waals surface area (Å²) < 4.78 is 2.21. The second-order valence-electron chi connectivity index (χ2n) is 3.82. The Morgan fingerprint density at radius 3 is 3.06 bits per heavy atom. The van der Waals surface area contributed by atoms with Crippen LogP contribution in [0.1, 0.15) is 24.5 Å². The number of guanidine groups is 1. The van der Waals surface area contributed by atoms with Gasteiger partial charge in [-0.15, -0.1) is 10.2 Å². The molecule has 0 atom stereocenters. The summed E-state index contributed by atoms with van der Waals surface area (Å²) in [6.07, 6.45) is 3.50. The van der Waals surface area contributed by atoms with Gasteiger partial charge in [-0.25, -0.2) is 0 Å². The SMILES string of the molecule is CN=C(NC)NCc1nnc2n1CCCC2. The second-order valence-corrected chi connectivity index (χ2v) is 3.82. The van der Waals surface area contributed by atoms with Crippen molar-refractivity contribution < 1.29 is 0 Å². The highest BCUT2D eigenvalue weighted by Gasteiger charge is 2.15. The lowest BCUT2D eigenvalue weighted by atomic mass is 10.2. The summed E-state index contributed by atoms with van der Waals surface area (Å²) in [4.78, 5) is 4.06. The Morgan fingerprint density at radius 1 is 1.44 bits per heavy atom. The Balaban J connectivity index is 2.02. The van der Waals surface area contributed by atoms with Crippen LogP contribution in [0.4, 0.5) is 0 Å². The molecule has 0 fully saturated rings. The highest BCUT2D eigenvalue weighted by atomic mass is 15.3. The maximum Gasteiger partial charge on any atom is 0.191 e. The number of fused-ring (bicyclic) bond motifs is 1. The molecule has 16 heavy (non-hydrogen) atoms. The molecule has 0 unspecified atom stereocenters. The summed E-state index contributed by atoms with van der Waals surface area (Å²) in [6.45, 7) is 1.71. The molecule has 2 heterocycles. The standard InChI is InChI=1S/C10H18N6/c1-11-10(12-2)13-7-9-15-14-8-5-3-4-6-16(8)9/h3-7H2,1-2H3,(H2,11,12,13). The van der Waals surface area contributed by atoms with E-state index in [0.29, 0.717) is 6.54 Å². The van der Waals surface area contributed by atoms with E-state index in [2.05, 4.69) is 30.4 Å². The van der Waals surface area contributed by atoms with Crippen molar-refractivity contribution in [2.75, 3.05) is 14.1 Å². The van der Waals surface area contributed by atoms with E-state index in [1.807, 2.05) is 7.05 Å². The average molecular weight is 222 g/mol. The molecule has 6 heteroatoms. The number of nitrogens with one attached hydrogen (secondary N) is 2. The monoisotopic (exact) mass is 222 g/mol. The van der Waals surface area contributed by atoms with E-state index in [4.69, 9.17) is 0 Å². The van der Waals surface area contributed by atoms with Crippen molar-refractivity contribution in [3.8, 4) is 0 Å². The molecule has 1 aliphatic heterocycles. The van der Waals surface area contributed by atoms with Crippen LogP contribution in [-0.2, 0) is 19.5 Å². The lowest BCUT2D eigenvalue weighted by molar-refractivity contribution is 0.505. The van der Waals surface area contributed by atoms with E-state index in [9.17, 15) is 0 Å². The van der Waals surface area contributed by atoms with Gasteiger partial charge in [-0.1, -0.05) is 0 Å². The maximum absolute atomic E-state index is 4.21. The van der Waals surface area contributed by atoms with Crippen LogP contribution < -0.4 is 10.6 Å². The van der Waals surface area contributed by atoms with Crippen molar-refractivity contribution in [1.82, 2.24) is 25.4 Å². The molecular weight excluding hydrogens is 204 g/mol. The van der Waals surface area contributed by atoms with Crippen molar-refractivity contribution >= 4 is 5.96 Å². The lowest BCUT2D eigenvalue weighted by Gasteiger charge is -2.15. The van der Waals surface area contributed by atoms with E-state index in [0.717, 1.165) is 30.6 Å². The topological polar surface area (TPSA) is 67.1 Å². The number of hydrogen-bond acceptors (Lipinski definition) is 3. The number of aliphatic imine (C=N–C) groups is 1. The zero-order chi connectivity index (χ0) is 11.4. The summed E-state index contributed by atoms with van der Waals surface area (Å²) in [5, 5.41) is 14.6. The molecule has 6 nitrogen and oxygen atoms in total. The molecule has 2 rings (SSSR count). The van der Waals surface area contributed by atoms with Crippen LogP contribution in [0.5, 0.6) is 0 Å². The van der Waals surface area contributed by atoms with E-state index in [-0.39, 0.29) is 0 Å². The van der Waals surface area contributed by atoms with Crippen molar-refractivity contribution in [1.29, 1.82) is 0 Å². The predicted molar refractivity (Wildman–Crippen MR) is 62.2 cm³/mol. The van der Waals surface area contributed by atoms with Crippen molar-refractivity contribution in [2.24, 2.45) is 4.99 Å². The molecule has 0 aromatic carbocycles. The van der Waals surface area contributed by atoms with E-state index in [1.165, 1.54) is 12.8 Å². The van der Waals surface area contributed by atoms with Gasteiger partial charge in [-0.3, -0.25) is 4.99 Å². The molecule has 0 bridgehead atoms. The Bertz CT molecular complexity index is 381. The summed E-state index contributed by atoms with van der Waals surface area (Å²) in [5.74, 6) is 2.88. The predicted octanol–water partition coefficient (Wildman–Crippen LogP) is -0.0908. The zero-order valence-electron chi connectivity index (χ0n) is 9.82. The molecule has 0 spiro atoms. The minimum atomic E-state index is 0.667. The van der Waals surface area contributed by atoms with Gasteiger partial charge >= 0.3 is 0 Å². The number of aryl methyl sites for hydroxylation is 1. The van der Waals surface area contributed by atoms with Gasteiger partial charge in [0.1, 0.15) is 5.82 Å². The number of nitrogens with zero attached hydrogens (tertiary/aromatic N) is 4. The van der Waals surface area contributed by atoms with E-state index >= 15 is 0 Å². The summed E-state index contributed by atoms with van der Waals surface area (Å²) in [5.41, 5.74) is 0. The normalized spacial score (nSPS) is 15.8. The van der Waals surface area contributed by atoms with Gasteiger partial charge < -0.3 is 15.2 Å². The quantitative estimate of drug-likeness (QED) is 0.542.